The minimum atomic E-state index is -1.94. The predicted molar refractivity (Wildman–Crippen MR) is 107 cm³/mol. The number of rotatable bonds is 8. The van der Waals surface area contributed by atoms with Gasteiger partial charge in [0.2, 0.25) is 5.91 Å². The van der Waals surface area contributed by atoms with E-state index in [-0.39, 0.29) is 29.0 Å². The van der Waals surface area contributed by atoms with Crippen molar-refractivity contribution in [2.24, 2.45) is 5.92 Å². The first kappa shape index (κ1) is 20.8. The summed E-state index contributed by atoms with van der Waals surface area (Å²) in [5.41, 5.74) is 1.12. The third-order valence-electron chi connectivity index (χ3n) is 5.95. The predicted octanol–water partition coefficient (Wildman–Crippen LogP) is 4.40. The molecule has 0 bridgehead atoms. The fraction of sp³-hybridized carbons (Fsp3) is 0.619. The number of likely N-dealkylation sites (tertiary alicyclic amines) is 1. The summed E-state index contributed by atoms with van der Waals surface area (Å²) in [5.74, 6) is 0.00347. The lowest BCUT2D eigenvalue weighted by atomic mass is 9.80. The van der Waals surface area contributed by atoms with E-state index in [1.54, 1.807) is 0 Å². The van der Waals surface area contributed by atoms with Gasteiger partial charge in [0.15, 0.2) is 8.32 Å². The fourth-order valence-electron chi connectivity index (χ4n) is 3.41. The molecule has 0 saturated carbocycles. The van der Waals surface area contributed by atoms with E-state index < -0.39 is 8.32 Å². The number of nitrogens with zero attached hydrogens (tertiary/aromatic N) is 1. The monoisotopic (exact) mass is 375 g/mol. The second-order valence-electron chi connectivity index (χ2n) is 8.87. The van der Waals surface area contributed by atoms with Crippen molar-refractivity contribution >= 4 is 20.5 Å². The molecule has 1 fully saturated rings. The van der Waals surface area contributed by atoms with Crippen LogP contribution in [-0.2, 0) is 20.6 Å². The molecule has 1 aromatic rings. The largest absolute Gasteiger partial charge is 0.413 e. The molecule has 1 aromatic carbocycles. The van der Waals surface area contributed by atoms with Crippen LogP contribution in [-0.4, -0.2) is 37.6 Å². The number of aldehydes is 1. The summed E-state index contributed by atoms with van der Waals surface area (Å²) in [7, 11) is -1.94. The Balaban J connectivity index is 2.12. The summed E-state index contributed by atoms with van der Waals surface area (Å²) >= 11 is 0. The van der Waals surface area contributed by atoms with Gasteiger partial charge in [-0.3, -0.25) is 4.79 Å². The lowest BCUT2D eigenvalue weighted by Gasteiger charge is -2.51. The molecule has 0 spiro atoms. The summed E-state index contributed by atoms with van der Waals surface area (Å²) in [6.45, 7) is 13.7. The van der Waals surface area contributed by atoms with E-state index in [0.717, 1.165) is 11.8 Å². The maximum atomic E-state index is 12.9. The van der Waals surface area contributed by atoms with Gasteiger partial charge < -0.3 is 14.1 Å². The van der Waals surface area contributed by atoms with Gasteiger partial charge in [0.25, 0.3) is 0 Å². The molecule has 0 aromatic heterocycles. The van der Waals surface area contributed by atoms with Crippen molar-refractivity contribution in [1.29, 1.82) is 0 Å². The molecule has 1 heterocycles. The SMILES string of the molecule is C[C@@H](O[Si](C)(C)C(C)(C)C)[C@H]1C(=O)N(Cc2ccccc2)[C@@H]1CCC=O. The third-order valence-corrected chi connectivity index (χ3v) is 10.5. The van der Waals surface area contributed by atoms with E-state index in [2.05, 4.69) is 33.9 Å². The number of hydrogen-bond donors (Lipinski definition) is 0. The van der Waals surface area contributed by atoms with Crippen molar-refractivity contribution in [1.82, 2.24) is 4.90 Å². The number of amides is 1. The second-order valence-corrected chi connectivity index (χ2v) is 13.6. The lowest BCUT2D eigenvalue weighted by molar-refractivity contribution is -0.165. The second kappa shape index (κ2) is 8.05. The van der Waals surface area contributed by atoms with Crippen LogP contribution in [0, 0.1) is 5.92 Å². The van der Waals surface area contributed by atoms with Crippen LogP contribution in [0.3, 0.4) is 0 Å². The van der Waals surface area contributed by atoms with E-state index in [1.807, 2.05) is 42.2 Å². The van der Waals surface area contributed by atoms with Crippen molar-refractivity contribution in [3.05, 3.63) is 35.9 Å². The van der Waals surface area contributed by atoms with Crippen LogP contribution in [0.1, 0.15) is 46.1 Å². The summed E-state index contributed by atoms with van der Waals surface area (Å²) in [6, 6.07) is 10.1. The number of β-lactam (4-membered cyclic amide) rings is 1. The third kappa shape index (κ3) is 4.44. The highest BCUT2D eigenvalue weighted by Crippen LogP contribution is 2.41. The van der Waals surface area contributed by atoms with Gasteiger partial charge in [0, 0.05) is 19.0 Å². The highest BCUT2D eigenvalue weighted by Gasteiger charge is 2.51. The molecule has 0 unspecified atom stereocenters. The average molecular weight is 376 g/mol. The molecule has 4 nitrogen and oxygen atoms in total. The normalized spacial score (nSPS) is 22.1. The zero-order valence-corrected chi connectivity index (χ0v) is 18.0. The topological polar surface area (TPSA) is 46.6 Å². The molecule has 0 N–H and O–H groups in total. The Bertz CT molecular complexity index is 624. The smallest absolute Gasteiger partial charge is 0.230 e. The first-order valence-electron chi connectivity index (χ1n) is 9.54. The van der Waals surface area contributed by atoms with Gasteiger partial charge in [-0.2, -0.15) is 0 Å². The Morgan fingerprint density at radius 1 is 1.23 bits per heavy atom. The lowest BCUT2D eigenvalue weighted by Crippen LogP contribution is -2.65. The van der Waals surface area contributed by atoms with E-state index >= 15 is 0 Å². The minimum Gasteiger partial charge on any atom is -0.413 e. The molecule has 1 saturated heterocycles. The van der Waals surface area contributed by atoms with Crippen LogP contribution < -0.4 is 0 Å². The maximum absolute atomic E-state index is 12.9. The Morgan fingerprint density at radius 3 is 2.38 bits per heavy atom. The van der Waals surface area contributed by atoms with Crippen LogP contribution in [0.25, 0.3) is 0 Å². The molecule has 0 radical (unpaired) electrons. The highest BCUT2D eigenvalue weighted by molar-refractivity contribution is 6.74. The van der Waals surface area contributed by atoms with Gasteiger partial charge in [-0.1, -0.05) is 51.1 Å². The molecule has 0 aliphatic carbocycles. The van der Waals surface area contributed by atoms with E-state index in [0.29, 0.717) is 19.4 Å². The van der Waals surface area contributed by atoms with E-state index in [1.165, 1.54) is 0 Å². The molecule has 1 aliphatic heterocycles. The van der Waals surface area contributed by atoms with Gasteiger partial charge in [0.1, 0.15) is 6.29 Å². The Morgan fingerprint density at radius 2 is 1.85 bits per heavy atom. The van der Waals surface area contributed by atoms with Gasteiger partial charge in [-0.25, -0.2) is 0 Å². The van der Waals surface area contributed by atoms with Gasteiger partial charge in [-0.15, -0.1) is 0 Å². The number of benzene rings is 1. The molecular formula is C21H33NO3Si. The van der Waals surface area contributed by atoms with Crippen LogP contribution in [0.15, 0.2) is 30.3 Å². The quantitative estimate of drug-likeness (QED) is 0.384. The molecule has 26 heavy (non-hydrogen) atoms. The number of hydrogen-bond acceptors (Lipinski definition) is 3. The average Bonchev–Trinajstić information content (AvgIpc) is 2.55. The fourth-order valence-corrected chi connectivity index (χ4v) is 4.84. The van der Waals surface area contributed by atoms with E-state index in [4.69, 9.17) is 4.43 Å². The van der Waals surface area contributed by atoms with Gasteiger partial charge in [0.05, 0.1) is 12.0 Å². The van der Waals surface area contributed by atoms with Gasteiger partial charge in [-0.05, 0) is 37.0 Å². The zero-order chi connectivity index (χ0) is 19.5. The van der Waals surface area contributed by atoms with Crippen LogP contribution in [0.2, 0.25) is 18.1 Å². The Labute approximate surface area is 159 Å². The molecule has 2 rings (SSSR count). The first-order valence-corrected chi connectivity index (χ1v) is 12.4. The zero-order valence-electron chi connectivity index (χ0n) is 17.0. The standard InChI is InChI=1S/C21H33NO3Si/c1-16(25-26(5,6)21(2,3)4)19-18(13-10-14-23)22(20(19)24)15-17-11-8-7-9-12-17/h7-9,11-12,14,16,18-19H,10,13,15H2,1-6H3/t16-,18-,19-/m1/s1. The van der Waals surface area contributed by atoms with Crippen molar-refractivity contribution < 1.29 is 14.0 Å². The molecule has 5 heteroatoms. The van der Waals surface area contributed by atoms with Gasteiger partial charge >= 0.3 is 0 Å². The Hall–Kier alpha value is -1.46. The number of carbonyl (C=O) groups is 2. The minimum absolute atomic E-state index is 0.0766. The highest BCUT2D eigenvalue weighted by atomic mass is 28.4. The molecule has 1 aliphatic rings. The first-order chi connectivity index (χ1) is 12.1. The van der Waals surface area contributed by atoms with Crippen LogP contribution in [0.5, 0.6) is 0 Å². The summed E-state index contributed by atoms with van der Waals surface area (Å²) in [6.07, 6.45) is 2.01. The van der Waals surface area contributed by atoms with E-state index in [9.17, 15) is 9.59 Å². The van der Waals surface area contributed by atoms with Crippen molar-refractivity contribution in [3.63, 3.8) is 0 Å². The molecule has 3 atom stereocenters. The summed E-state index contributed by atoms with van der Waals surface area (Å²) in [4.78, 5) is 25.7. The Kier molecular flexibility index (Phi) is 6.45. The van der Waals surface area contributed by atoms with Crippen molar-refractivity contribution in [3.8, 4) is 0 Å². The van der Waals surface area contributed by atoms with Crippen LogP contribution >= 0.6 is 0 Å². The summed E-state index contributed by atoms with van der Waals surface area (Å²) in [5, 5.41) is 0.107. The van der Waals surface area contributed by atoms with Crippen molar-refractivity contribution in [2.75, 3.05) is 0 Å². The molecule has 1 amide bonds. The number of carbonyl (C=O) groups excluding carboxylic acids is 2. The van der Waals surface area contributed by atoms with Crippen LogP contribution in [0.4, 0.5) is 0 Å². The van der Waals surface area contributed by atoms with Crippen molar-refractivity contribution in [2.45, 2.75) is 77.4 Å². The molecular weight excluding hydrogens is 342 g/mol. The maximum Gasteiger partial charge on any atom is 0.230 e. The summed E-state index contributed by atoms with van der Waals surface area (Å²) < 4.78 is 6.49. The molecule has 144 valence electrons.